The third-order valence-corrected chi connectivity index (χ3v) is 5.51. The van der Waals surface area contributed by atoms with Gasteiger partial charge in [0.2, 0.25) is 0 Å². The fourth-order valence-corrected chi connectivity index (χ4v) is 3.81. The Hall–Kier alpha value is -0.840. The molecular formula is C16H24ClN3S. The Morgan fingerprint density at radius 2 is 2.19 bits per heavy atom. The van der Waals surface area contributed by atoms with Gasteiger partial charge in [-0.3, -0.25) is 4.68 Å². The first-order chi connectivity index (χ1) is 10.1. The number of nitrogens with one attached hydrogen (secondary N) is 1. The SMILES string of the molecule is CCCNC(Cc1cc(CC)nn1C)c1scc(C)c1Cl. The monoisotopic (exact) mass is 325 g/mol. The Balaban J connectivity index is 2.23. The summed E-state index contributed by atoms with van der Waals surface area (Å²) in [5, 5.41) is 11.2. The van der Waals surface area contributed by atoms with Crippen molar-refractivity contribution in [2.75, 3.05) is 6.54 Å². The Labute approximate surface area is 136 Å². The molecular weight excluding hydrogens is 302 g/mol. The fraction of sp³-hybridized carbons (Fsp3) is 0.562. The van der Waals surface area contributed by atoms with Gasteiger partial charge in [0.25, 0.3) is 0 Å². The van der Waals surface area contributed by atoms with Crippen LogP contribution < -0.4 is 5.32 Å². The van der Waals surface area contributed by atoms with Crippen molar-refractivity contribution in [3.05, 3.63) is 38.3 Å². The minimum Gasteiger partial charge on any atom is -0.309 e. The quantitative estimate of drug-likeness (QED) is 0.823. The van der Waals surface area contributed by atoms with Crippen LogP contribution in [0.15, 0.2) is 11.4 Å². The molecule has 0 aliphatic heterocycles. The van der Waals surface area contributed by atoms with Crippen molar-refractivity contribution >= 4 is 22.9 Å². The average molecular weight is 326 g/mol. The summed E-state index contributed by atoms with van der Waals surface area (Å²) in [6.07, 6.45) is 3.01. The molecule has 5 heteroatoms. The summed E-state index contributed by atoms with van der Waals surface area (Å²) in [5.74, 6) is 0. The second kappa shape index (κ2) is 7.43. The van der Waals surface area contributed by atoms with Crippen molar-refractivity contribution in [1.82, 2.24) is 15.1 Å². The lowest BCUT2D eigenvalue weighted by molar-refractivity contribution is 0.518. The highest BCUT2D eigenvalue weighted by Gasteiger charge is 2.19. The molecule has 2 aromatic rings. The lowest BCUT2D eigenvalue weighted by Gasteiger charge is -2.18. The molecule has 0 saturated heterocycles. The highest BCUT2D eigenvalue weighted by Crippen LogP contribution is 2.34. The van der Waals surface area contributed by atoms with Crippen LogP contribution in [0.5, 0.6) is 0 Å². The predicted molar refractivity (Wildman–Crippen MR) is 91.4 cm³/mol. The number of nitrogens with zero attached hydrogens (tertiary/aromatic N) is 2. The maximum absolute atomic E-state index is 6.47. The van der Waals surface area contributed by atoms with Gasteiger partial charge in [-0.05, 0) is 43.3 Å². The molecule has 0 radical (unpaired) electrons. The molecule has 1 N–H and O–H groups in total. The molecule has 0 saturated carbocycles. The van der Waals surface area contributed by atoms with Gasteiger partial charge in [0.1, 0.15) is 0 Å². The average Bonchev–Trinajstić information content (AvgIpc) is 2.99. The Morgan fingerprint density at radius 1 is 1.43 bits per heavy atom. The largest absolute Gasteiger partial charge is 0.309 e. The van der Waals surface area contributed by atoms with Crippen molar-refractivity contribution < 1.29 is 0 Å². The Bertz CT molecular complexity index is 588. The number of aromatic nitrogens is 2. The van der Waals surface area contributed by atoms with E-state index in [1.165, 1.54) is 16.1 Å². The first-order valence-electron chi connectivity index (χ1n) is 7.55. The molecule has 1 atom stereocenters. The van der Waals surface area contributed by atoms with Gasteiger partial charge in [0.15, 0.2) is 0 Å². The zero-order chi connectivity index (χ0) is 15.4. The standard InChI is InChI=1S/C16H24ClN3S/c1-5-7-18-14(16-15(17)11(3)10-21-16)9-13-8-12(6-2)19-20(13)4/h8,10,14,18H,5-7,9H2,1-4H3. The molecule has 0 aliphatic rings. The number of aryl methyl sites for hydroxylation is 3. The topological polar surface area (TPSA) is 29.9 Å². The molecule has 2 rings (SSSR count). The zero-order valence-electron chi connectivity index (χ0n) is 13.2. The molecule has 0 fully saturated rings. The van der Waals surface area contributed by atoms with Crippen LogP contribution in [-0.4, -0.2) is 16.3 Å². The van der Waals surface area contributed by atoms with Crippen LogP contribution in [0.1, 0.15) is 48.1 Å². The lowest BCUT2D eigenvalue weighted by atomic mass is 10.1. The van der Waals surface area contributed by atoms with E-state index in [-0.39, 0.29) is 6.04 Å². The number of hydrogen-bond acceptors (Lipinski definition) is 3. The first kappa shape index (κ1) is 16.5. The van der Waals surface area contributed by atoms with Gasteiger partial charge in [0, 0.05) is 30.1 Å². The molecule has 0 aromatic carbocycles. The summed E-state index contributed by atoms with van der Waals surface area (Å²) in [6.45, 7) is 7.39. The molecule has 1 unspecified atom stereocenters. The van der Waals surface area contributed by atoms with Crippen LogP contribution in [0, 0.1) is 6.92 Å². The zero-order valence-corrected chi connectivity index (χ0v) is 14.8. The summed E-state index contributed by atoms with van der Waals surface area (Å²) in [7, 11) is 2.02. The van der Waals surface area contributed by atoms with Crippen LogP contribution in [0.25, 0.3) is 0 Å². The first-order valence-corrected chi connectivity index (χ1v) is 8.81. The summed E-state index contributed by atoms with van der Waals surface area (Å²) in [4.78, 5) is 1.24. The summed E-state index contributed by atoms with van der Waals surface area (Å²) < 4.78 is 1.99. The maximum Gasteiger partial charge on any atom is 0.0624 e. The van der Waals surface area contributed by atoms with Crippen LogP contribution in [0.2, 0.25) is 5.02 Å². The number of rotatable bonds is 7. The van der Waals surface area contributed by atoms with E-state index in [9.17, 15) is 0 Å². The molecule has 0 spiro atoms. The van der Waals surface area contributed by atoms with E-state index in [1.54, 1.807) is 11.3 Å². The van der Waals surface area contributed by atoms with Crippen molar-refractivity contribution in [3.8, 4) is 0 Å². The van der Waals surface area contributed by atoms with E-state index in [1.807, 2.05) is 11.7 Å². The van der Waals surface area contributed by atoms with Crippen LogP contribution in [0.4, 0.5) is 0 Å². The van der Waals surface area contributed by atoms with Crippen LogP contribution in [-0.2, 0) is 19.9 Å². The van der Waals surface area contributed by atoms with Crippen molar-refractivity contribution in [3.63, 3.8) is 0 Å². The minimum atomic E-state index is 0.260. The van der Waals surface area contributed by atoms with Gasteiger partial charge in [-0.1, -0.05) is 25.4 Å². The van der Waals surface area contributed by atoms with Crippen LogP contribution >= 0.6 is 22.9 Å². The predicted octanol–water partition coefficient (Wildman–Crippen LogP) is 4.29. The molecule has 0 bridgehead atoms. The number of halogens is 1. The lowest BCUT2D eigenvalue weighted by Crippen LogP contribution is -2.24. The molecule has 21 heavy (non-hydrogen) atoms. The van der Waals surface area contributed by atoms with E-state index in [0.717, 1.165) is 36.5 Å². The molecule has 0 amide bonds. The third-order valence-electron chi connectivity index (χ3n) is 3.69. The van der Waals surface area contributed by atoms with Crippen molar-refractivity contribution in [2.24, 2.45) is 7.05 Å². The highest BCUT2D eigenvalue weighted by molar-refractivity contribution is 7.10. The molecule has 2 aromatic heterocycles. The highest BCUT2D eigenvalue weighted by atomic mass is 35.5. The molecule has 2 heterocycles. The van der Waals surface area contributed by atoms with Crippen LogP contribution in [0.3, 0.4) is 0 Å². The summed E-state index contributed by atoms with van der Waals surface area (Å²) in [6, 6.07) is 2.46. The fourth-order valence-electron chi connectivity index (χ4n) is 2.41. The van der Waals surface area contributed by atoms with Gasteiger partial charge in [-0.2, -0.15) is 5.10 Å². The van der Waals surface area contributed by atoms with E-state index >= 15 is 0 Å². The van der Waals surface area contributed by atoms with Gasteiger partial charge < -0.3 is 5.32 Å². The van der Waals surface area contributed by atoms with Crippen molar-refractivity contribution in [2.45, 2.75) is 46.1 Å². The van der Waals surface area contributed by atoms with E-state index in [4.69, 9.17) is 11.6 Å². The molecule has 116 valence electrons. The summed E-state index contributed by atoms with van der Waals surface area (Å²) >= 11 is 8.22. The third kappa shape index (κ3) is 3.87. The van der Waals surface area contributed by atoms with Gasteiger partial charge in [-0.25, -0.2) is 0 Å². The molecule has 0 aliphatic carbocycles. The van der Waals surface area contributed by atoms with E-state index in [0.29, 0.717) is 0 Å². The normalized spacial score (nSPS) is 12.8. The van der Waals surface area contributed by atoms with Gasteiger partial charge in [-0.15, -0.1) is 11.3 Å². The summed E-state index contributed by atoms with van der Waals surface area (Å²) in [5.41, 5.74) is 3.57. The van der Waals surface area contributed by atoms with E-state index < -0.39 is 0 Å². The number of thiophene rings is 1. The maximum atomic E-state index is 6.47. The van der Waals surface area contributed by atoms with Gasteiger partial charge >= 0.3 is 0 Å². The molecule has 3 nitrogen and oxygen atoms in total. The number of hydrogen-bond donors (Lipinski definition) is 1. The Morgan fingerprint density at radius 3 is 2.71 bits per heavy atom. The van der Waals surface area contributed by atoms with Crippen molar-refractivity contribution in [1.29, 1.82) is 0 Å². The Kier molecular flexibility index (Phi) is 5.85. The smallest absolute Gasteiger partial charge is 0.0624 e. The van der Waals surface area contributed by atoms with E-state index in [2.05, 4.69) is 42.6 Å². The second-order valence-electron chi connectivity index (χ2n) is 5.41. The van der Waals surface area contributed by atoms with Gasteiger partial charge in [0.05, 0.1) is 10.7 Å². The minimum absolute atomic E-state index is 0.260. The second-order valence-corrected chi connectivity index (χ2v) is 6.70.